The van der Waals surface area contributed by atoms with Crippen LogP contribution in [0.5, 0.6) is 0 Å². The van der Waals surface area contributed by atoms with Gasteiger partial charge in [-0.3, -0.25) is 4.79 Å². The van der Waals surface area contributed by atoms with Crippen LogP contribution in [0.15, 0.2) is 0 Å². The molecule has 1 N–H and O–H groups in total. The van der Waals surface area contributed by atoms with E-state index in [-0.39, 0.29) is 23.5 Å². The minimum Gasteiger partial charge on any atom is -0.466 e. The van der Waals surface area contributed by atoms with Gasteiger partial charge in [0.25, 0.3) is 0 Å². The van der Waals surface area contributed by atoms with Crippen LogP contribution in [0.25, 0.3) is 0 Å². The molecule has 1 aliphatic rings. The van der Waals surface area contributed by atoms with Crippen LogP contribution in [0.4, 0.5) is 0 Å². The van der Waals surface area contributed by atoms with Gasteiger partial charge in [0.2, 0.25) is 0 Å². The average molecular weight is 235 g/mol. The van der Waals surface area contributed by atoms with E-state index in [4.69, 9.17) is 4.74 Å². The number of rotatable bonds is 5. The zero-order valence-electron chi connectivity index (χ0n) is 8.86. The molecule has 0 aromatic carbocycles. The molecule has 5 nitrogen and oxygen atoms in total. The van der Waals surface area contributed by atoms with Gasteiger partial charge in [0.15, 0.2) is 9.84 Å². The fourth-order valence-electron chi connectivity index (χ4n) is 1.57. The first kappa shape index (κ1) is 12.4. The third-order valence-corrected chi connectivity index (χ3v) is 4.07. The summed E-state index contributed by atoms with van der Waals surface area (Å²) in [6.07, 6.45) is 0.940. The Labute approximate surface area is 90.1 Å². The topological polar surface area (TPSA) is 72.5 Å². The predicted molar refractivity (Wildman–Crippen MR) is 56.3 cm³/mol. The third kappa shape index (κ3) is 4.61. The highest BCUT2D eigenvalue weighted by Crippen LogP contribution is 2.10. The van der Waals surface area contributed by atoms with E-state index < -0.39 is 9.84 Å². The molecule has 0 saturated carbocycles. The van der Waals surface area contributed by atoms with Crippen LogP contribution in [0.1, 0.15) is 19.8 Å². The van der Waals surface area contributed by atoms with E-state index in [9.17, 15) is 13.2 Å². The summed E-state index contributed by atoms with van der Waals surface area (Å²) in [5, 5.41) is 3.05. The molecule has 1 heterocycles. The van der Waals surface area contributed by atoms with Gasteiger partial charge in [0.1, 0.15) is 0 Å². The molecule has 1 fully saturated rings. The van der Waals surface area contributed by atoms with E-state index in [0.717, 1.165) is 0 Å². The molecule has 0 amide bonds. The van der Waals surface area contributed by atoms with E-state index in [1.807, 2.05) is 0 Å². The zero-order valence-corrected chi connectivity index (χ0v) is 9.68. The molecule has 0 aromatic rings. The maximum absolute atomic E-state index is 11.1. The fraction of sp³-hybridized carbons (Fsp3) is 0.889. The van der Waals surface area contributed by atoms with E-state index in [0.29, 0.717) is 26.0 Å². The second-order valence-electron chi connectivity index (χ2n) is 3.61. The Morgan fingerprint density at radius 2 is 2.27 bits per heavy atom. The van der Waals surface area contributed by atoms with E-state index in [1.165, 1.54) is 0 Å². The summed E-state index contributed by atoms with van der Waals surface area (Å²) in [7, 11) is -2.84. The summed E-state index contributed by atoms with van der Waals surface area (Å²) >= 11 is 0. The van der Waals surface area contributed by atoms with Crippen molar-refractivity contribution in [3.05, 3.63) is 0 Å². The second-order valence-corrected chi connectivity index (χ2v) is 5.84. The van der Waals surface area contributed by atoms with Crippen molar-refractivity contribution in [3.8, 4) is 0 Å². The molecular formula is C9H17NO4S. The minimum absolute atomic E-state index is 0.00410. The van der Waals surface area contributed by atoms with E-state index in [1.54, 1.807) is 6.92 Å². The molecular weight excluding hydrogens is 218 g/mol. The quantitative estimate of drug-likeness (QED) is 0.663. The molecule has 0 unspecified atom stereocenters. The van der Waals surface area contributed by atoms with Gasteiger partial charge in [-0.2, -0.15) is 0 Å². The van der Waals surface area contributed by atoms with Gasteiger partial charge < -0.3 is 10.1 Å². The summed E-state index contributed by atoms with van der Waals surface area (Å²) in [6.45, 7) is 2.63. The lowest BCUT2D eigenvalue weighted by Gasteiger charge is -2.09. The molecule has 1 saturated heterocycles. The molecule has 6 heteroatoms. The number of nitrogens with one attached hydrogen (secondary N) is 1. The summed E-state index contributed by atoms with van der Waals surface area (Å²) in [5.74, 6) is 0.200. The Morgan fingerprint density at radius 1 is 1.53 bits per heavy atom. The SMILES string of the molecule is CCOC(=O)CCN[C@H]1CCS(=O)(=O)C1. The van der Waals surface area contributed by atoms with Crippen molar-refractivity contribution in [3.63, 3.8) is 0 Å². The van der Waals surface area contributed by atoms with Crippen molar-refractivity contribution in [1.82, 2.24) is 5.32 Å². The molecule has 1 aliphatic heterocycles. The fourth-order valence-corrected chi connectivity index (χ4v) is 3.28. The summed E-state index contributed by atoms with van der Waals surface area (Å²) < 4.78 is 27.0. The Bertz CT molecular complexity index is 312. The van der Waals surface area contributed by atoms with Gasteiger partial charge in [-0.15, -0.1) is 0 Å². The minimum atomic E-state index is -2.84. The van der Waals surface area contributed by atoms with Crippen molar-refractivity contribution < 1.29 is 17.9 Å². The first-order valence-corrected chi connectivity index (χ1v) is 6.95. The Kier molecular flexibility index (Phi) is 4.53. The van der Waals surface area contributed by atoms with Gasteiger partial charge >= 0.3 is 5.97 Å². The smallest absolute Gasteiger partial charge is 0.307 e. The lowest BCUT2D eigenvalue weighted by Crippen LogP contribution is -2.32. The molecule has 0 radical (unpaired) electrons. The summed E-state index contributed by atoms with van der Waals surface area (Å²) in [4.78, 5) is 11.0. The standard InChI is InChI=1S/C9H17NO4S/c1-2-14-9(11)3-5-10-8-4-6-15(12,13)7-8/h8,10H,2-7H2,1H3/t8-/m0/s1. The summed E-state index contributed by atoms with van der Waals surface area (Å²) in [5.41, 5.74) is 0. The maximum Gasteiger partial charge on any atom is 0.307 e. The molecule has 88 valence electrons. The largest absolute Gasteiger partial charge is 0.466 e. The lowest BCUT2D eigenvalue weighted by molar-refractivity contribution is -0.142. The van der Waals surface area contributed by atoms with Gasteiger partial charge in [0.05, 0.1) is 24.5 Å². The van der Waals surface area contributed by atoms with Crippen LogP contribution in [-0.4, -0.2) is 45.1 Å². The van der Waals surface area contributed by atoms with Crippen molar-refractivity contribution >= 4 is 15.8 Å². The number of carbonyl (C=O) groups excluding carboxylic acids is 1. The highest BCUT2D eigenvalue weighted by molar-refractivity contribution is 7.91. The lowest BCUT2D eigenvalue weighted by atomic mass is 10.2. The van der Waals surface area contributed by atoms with Gasteiger partial charge in [-0.1, -0.05) is 0 Å². The molecule has 0 spiro atoms. The third-order valence-electron chi connectivity index (χ3n) is 2.30. The van der Waals surface area contributed by atoms with Crippen LogP contribution >= 0.6 is 0 Å². The molecule has 0 bridgehead atoms. The highest BCUT2D eigenvalue weighted by Gasteiger charge is 2.27. The number of carbonyl (C=O) groups is 1. The number of sulfone groups is 1. The van der Waals surface area contributed by atoms with Gasteiger partial charge in [-0.05, 0) is 13.3 Å². The Morgan fingerprint density at radius 3 is 2.80 bits per heavy atom. The molecule has 1 atom stereocenters. The van der Waals surface area contributed by atoms with Crippen LogP contribution in [-0.2, 0) is 19.4 Å². The first-order valence-electron chi connectivity index (χ1n) is 5.13. The molecule has 0 aliphatic carbocycles. The Balaban J connectivity index is 2.14. The number of esters is 1. The van der Waals surface area contributed by atoms with Crippen LogP contribution in [0.2, 0.25) is 0 Å². The first-order chi connectivity index (χ1) is 7.03. The Hall–Kier alpha value is -0.620. The predicted octanol–water partition coefficient (Wildman–Crippen LogP) is -0.284. The second kappa shape index (κ2) is 5.46. The van der Waals surface area contributed by atoms with Crippen molar-refractivity contribution in [1.29, 1.82) is 0 Å². The number of ether oxygens (including phenoxy) is 1. The van der Waals surface area contributed by atoms with E-state index >= 15 is 0 Å². The number of hydrogen-bond acceptors (Lipinski definition) is 5. The van der Waals surface area contributed by atoms with Crippen LogP contribution in [0, 0.1) is 0 Å². The number of hydrogen-bond donors (Lipinski definition) is 1. The van der Waals surface area contributed by atoms with Crippen LogP contribution < -0.4 is 5.32 Å². The van der Waals surface area contributed by atoms with Crippen molar-refractivity contribution in [2.45, 2.75) is 25.8 Å². The normalized spacial score (nSPS) is 23.9. The summed E-state index contributed by atoms with van der Waals surface area (Å²) in [6, 6.07) is 0.00410. The van der Waals surface area contributed by atoms with Crippen molar-refractivity contribution in [2.75, 3.05) is 24.7 Å². The highest BCUT2D eigenvalue weighted by atomic mass is 32.2. The van der Waals surface area contributed by atoms with Crippen molar-refractivity contribution in [2.24, 2.45) is 0 Å². The monoisotopic (exact) mass is 235 g/mol. The molecule has 1 rings (SSSR count). The maximum atomic E-state index is 11.1. The molecule has 15 heavy (non-hydrogen) atoms. The zero-order chi connectivity index (χ0) is 11.3. The average Bonchev–Trinajstić information content (AvgIpc) is 2.46. The van der Waals surface area contributed by atoms with Gasteiger partial charge in [-0.25, -0.2) is 8.42 Å². The van der Waals surface area contributed by atoms with Crippen LogP contribution in [0.3, 0.4) is 0 Å². The van der Waals surface area contributed by atoms with Gasteiger partial charge in [0, 0.05) is 12.6 Å². The molecule has 0 aromatic heterocycles. The van der Waals surface area contributed by atoms with E-state index in [2.05, 4.69) is 5.32 Å².